The fourth-order valence-corrected chi connectivity index (χ4v) is 2.13. The molecule has 0 spiro atoms. The highest BCUT2D eigenvalue weighted by atomic mass is 79.9. The molecule has 16 heavy (non-hydrogen) atoms. The predicted molar refractivity (Wildman–Crippen MR) is 76.6 cm³/mol. The molecule has 0 atom stereocenters. The average molecular weight is 281 g/mol. The number of allylic oxidation sites excluding steroid dienone is 2. The molecule has 1 rings (SSSR count). The fourth-order valence-electron chi connectivity index (χ4n) is 1.86. The van der Waals surface area contributed by atoms with Crippen molar-refractivity contribution in [3.05, 3.63) is 40.4 Å². The van der Waals surface area contributed by atoms with Crippen LogP contribution in [0.25, 0.3) is 5.57 Å². The molecule has 0 N–H and O–H groups in total. The Labute approximate surface area is 108 Å². The SMILES string of the molecule is CC=C(CCCCCC)c1ccc(Br)cc1. The largest absolute Gasteiger partial charge is 0.0838 e. The minimum atomic E-state index is 1.15. The second-order valence-corrected chi connectivity index (χ2v) is 5.05. The molecule has 0 aliphatic carbocycles. The van der Waals surface area contributed by atoms with Gasteiger partial charge < -0.3 is 0 Å². The van der Waals surface area contributed by atoms with E-state index < -0.39 is 0 Å². The Hall–Kier alpha value is -0.560. The molecular weight excluding hydrogens is 260 g/mol. The number of unbranched alkanes of at least 4 members (excludes halogenated alkanes) is 3. The number of hydrogen-bond acceptors (Lipinski definition) is 0. The van der Waals surface area contributed by atoms with Crippen molar-refractivity contribution < 1.29 is 0 Å². The fraction of sp³-hybridized carbons (Fsp3) is 0.467. The highest BCUT2D eigenvalue weighted by Gasteiger charge is 2.00. The molecule has 1 aromatic rings. The summed E-state index contributed by atoms with van der Waals surface area (Å²) in [5, 5.41) is 0. The van der Waals surface area contributed by atoms with Gasteiger partial charge >= 0.3 is 0 Å². The van der Waals surface area contributed by atoms with Crippen molar-refractivity contribution in [3.63, 3.8) is 0 Å². The molecule has 0 bridgehead atoms. The van der Waals surface area contributed by atoms with Gasteiger partial charge in [-0.2, -0.15) is 0 Å². The second kappa shape index (κ2) is 7.67. The molecule has 88 valence electrons. The van der Waals surface area contributed by atoms with Crippen molar-refractivity contribution >= 4 is 21.5 Å². The van der Waals surface area contributed by atoms with E-state index in [1.807, 2.05) is 0 Å². The van der Waals surface area contributed by atoms with Crippen LogP contribution in [-0.4, -0.2) is 0 Å². The average Bonchev–Trinajstić information content (AvgIpc) is 2.31. The summed E-state index contributed by atoms with van der Waals surface area (Å²) in [7, 11) is 0. The molecule has 0 fully saturated rings. The van der Waals surface area contributed by atoms with Crippen LogP contribution in [0.1, 0.15) is 51.5 Å². The van der Waals surface area contributed by atoms with Crippen LogP contribution in [0.5, 0.6) is 0 Å². The van der Waals surface area contributed by atoms with Gasteiger partial charge in [-0.3, -0.25) is 0 Å². The highest BCUT2D eigenvalue weighted by Crippen LogP contribution is 2.23. The summed E-state index contributed by atoms with van der Waals surface area (Å²) >= 11 is 3.47. The Morgan fingerprint density at radius 1 is 1.12 bits per heavy atom. The highest BCUT2D eigenvalue weighted by molar-refractivity contribution is 9.10. The van der Waals surface area contributed by atoms with Gasteiger partial charge in [0.2, 0.25) is 0 Å². The lowest BCUT2D eigenvalue weighted by molar-refractivity contribution is 0.678. The van der Waals surface area contributed by atoms with Crippen LogP contribution in [0.3, 0.4) is 0 Å². The maximum Gasteiger partial charge on any atom is 0.0175 e. The molecule has 1 heteroatoms. The van der Waals surface area contributed by atoms with Crippen LogP contribution in [0.2, 0.25) is 0 Å². The molecule has 0 amide bonds. The molecule has 0 radical (unpaired) electrons. The predicted octanol–water partition coefficient (Wildman–Crippen LogP) is 5.82. The van der Waals surface area contributed by atoms with Crippen LogP contribution in [-0.2, 0) is 0 Å². The topological polar surface area (TPSA) is 0 Å². The van der Waals surface area contributed by atoms with Gasteiger partial charge in [-0.25, -0.2) is 0 Å². The van der Waals surface area contributed by atoms with Crippen molar-refractivity contribution in [3.8, 4) is 0 Å². The number of rotatable bonds is 6. The minimum absolute atomic E-state index is 1.15. The molecule has 0 aliphatic rings. The molecule has 0 unspecified atom stereocenters. The summed E-state index contributed by atoms with van der Waals surface area (Å²) < 4.78 is 1.15. The minimum Gasteiger partial charge on any atom is -0.0838 e. The third kappa shape index (κ3) is 4.52. The first-order chi connectivity index (χ1) is 7.77. The Morgan fingerprint density at radius 2 is 1.81 bits per heavy atom. The lowest BCUT2D eigenvalue weighted by Gasteiger charge is -2.07. The molecule has 0 saturated heterocycles. The third-order valence-corrected chi connectivity index (χ3v) is 3.39. The smallest absolute Gasteiger partial charge is 0.0175 e. The van der Waals surface area contributed by atoms with E-state index in [1.54, 1.807) is 0 Å². The van der Waals surface area contributed by atoms with E-state index in [4.69, 9.17) is 0 Å². The van der Waals surface area contributed by atoms with Crippen molar-refractivity contribution in [2.75, 3.05) is 0 Å². The summed E-state index contributed by atoms with van der Waals surface area (Å²) in [5.74, 6) is 0. The van der Waals surface area contributed by atoms with E-state index in [2.05, 4.69) is 60.1 Å². The monoisotopic (exact) mass is 280 g/mol. The lowest BCUT2D eigenvalue weighted by Crippen LogP contribution is -1.85. The first-order valence-electron chi connectivity index (χ1n) is 6.19. The maximum atomic E-state index is 3.47. The Morgan fingerprint density at radius 3 is 2.38 bits per heavy atom. The van der Waals surface area contributed by atoms with Crippen LogP contribution < -0.4 is 0 Å². The first-order valence-corrected chi connectivity index (χ1v) is 6.98. The molecule has 0 nitrogen and oxygen atoms in total. The van der Waals surface area contributed by atoms with Gasteiger partial charge in [-0.1, -0.05) is 60.3 Å². The second-order valence-electron chi connectivity index (χ2n) is 4.13. The summed E-state index contributed by atoms with van der Waals surface area (Å²) in [4.78, 5) is 0. The van der Waals surface area contributed by atoms with E-state index in [-0.39, 0.29) is 0 Å². The van der Waals surface area contributed by atoms with E-state index in [1.165, 1.54) is 43.2 Å². The third-order valence-electron chi connectivity index (χ3n) is 2.86. The molecule has 1 aromatic carbocycles. The normalized spacial score (nSPS) is 11.8. The number of halogens is 1. The first kappa shape index (κ1) is 13.5. The van der Waals surface area contributed by atoms with E-state index in [9.17, 15) is 0 Å². The number of hydrogen-bond donors (Lipinski definition) is 0. The summed E-state index contributed by atoms with van der Waals surface area (Å²) in [6, 6.07) is 8.62. The van der Waals surface area contributed by atoms with Crippen LogP contribution >= 0.6 is 15.9 Å². The van der Waals surface area contributed by atoms with E-state index in [0.717, 1.165) is 4.47 Å². The standard InChI is InChI=1S/C15H21Br/c1-3-5-6-7-8-13(4-2)14-9-11-15(16)12-10-14/h4,9-12H,3,5-8H2,1-2H3. The zero-order chi connectivity index (χ0) is 11.8. The van der Waals surface area contributed by atoms with Gasteiger partial charge in [0, 0.05) is 4.47 Å². The lowest BCUT2D eigenvalue weighted by atomic mass is 9.99. The van der Waals surface area contributed by atoms with Crippen LogP contribution in [0, 0.1) is 0 Å². The molecule has 0 saturated carbocycles. The molecule has 0 aromatic heterocycles. The number of benzene rings is 1. The molecular formula is C15H21Br. The maximum absolute atomic E-state index is 3.47. The van der Waals surface area contributed by atoms with E-state index in [0.29, 0.717) is 0 Å². The summed E-state index contributed by atoms with van der Waals surface area (Å²) in [5.41, 5.74) is 2.84. The summed E-state index contributed by atoms with van der Waals surface area (Å²) in [6.07, 6.45) is 8.78. The summed E-state index contributed by atoms with van der Waals surface area (Å²) in [6.45, 7) is 4.39. The van der Waals surface area contributed by atoms with Crippen molar-refractivity contribution in [2.24, 2.45) is 0 Å². The Balaban J connectivity index is 2.51. The van der Waals surface area contributed by atoms with Crippen molar-refractivity contribution in [2.45, 2.75) is 46.0 Å². The Bertz CT molecular complexity index is 322. The Kier molecular flexibility index (Phi) is 6.47. The zero-order valence-electron chi connectivity index (χ0n) is 10.3. The van der Waals surface area contributed by atoms with Crippen molar-refractivity contribution in [1.82, 2.24) is 0 Å². The van der Waals surface area contributed by atoms with E-state index >= 15 is 0 Å². The van der Waals surface area contributed by atoms with Gasteiger partial charge in [0.05, 0.1) is 0 Å². The van der Waals surface area contributed by atoms with Crippen molar-refractivity contribution in [1.29, 1.82) is 0 Å². The molecule has 0 heterocycles. The van der Waals surface area contributed by atoms with Gasteiger partial charge in [-0.05, 0) is 43.0 Å². The molecule has 0 aliphatic heterocycles. The van der Waals surface area contributed by atoms with Gasteiger partial charge in [0.25, 0.3) is 0 Å². The van der Waals surface area contributed by atoms with Crippen LogP contribution in [0.4, 0.5) is 0 Å². The zero-order valence-corrected chi connectivity index (χ0v) is 11.9. The van der Waals surface area contributed by atoms with Gasteiger partial charge in [-0.15, -0.1) is 0 Å². The van der Waals surface area contributed by atoms with Gasteiger partial charge in [0.1, 0.15) is 0 Å². The van der Waals surface area contributed by atoms with Gasteiger partial charge in [0.15, 0.2) is 0 Å². The van der Waals surface area contributed by atoms with Crippen LogP contribution in [0.15, 0.2) is 34.8 Å². The quantitative estimate of drug-likeness (QED) is 0.576.